The van der Waals surface area contributed by atoms with Crippen molar-refractivity contribution in [2.75, 3.05) is 17.7 Å². The number of hydrogen-bond donors (Lipinski definition) is 2. The first-order chi connectivity index (χ1) is 14.0. The fourth-order valence-corrected chi connectivity index (χ4v) is 2.95. The highest BCUT2D eigenvalue weighted by molar-refractivity contribution is 6.03. The molecular weight excluding hydrogens is 366 g/mol. The van der Waals surface area contributed by atoms with Crippen LogP contribution in [0.3, 0.4) is 0 Å². The molecule has 0 aliphatic carbocycles. The SMILES string of the molecule is CCc1cccc(C)c1Nc1ccc(C(=O)Nc2ccc(C(=O)OC)cc2)nc1. The number of rotatable bonds is 6. The predicted molar refractivity (Wildman–Crippen MR) is 114 cm³/mol. The fourth-order valence-electron chi connectivity index (χ4n) is 2.95. The van der Waals surface area contributed by atoms with Gasteiger partial charge >= 0.3 is 5.97 Å². The second-order valence-electron chi connectivity index (χ2n) is 6.54. The van der Waals surface area contributed by atoms with E-state index in [1.54, 1.807) is 36.5 Å². The third kappa shape index (κ3) is 4.79. The van der Waals surface area contributed by atoms with Gasteiger partial charge in [0.2, 0.25) is 0 Å². The van der Waals surface area contributed by atoms with Crippen LogP contribution < -0.4 is 10.6 Å². The van der Waals surface area contributed by atoms with Crippen LogP contribution in [0.5, 0.6) is 0 Å². The number of pyridine rings is 1. The lowest BCUT2D eigenvalue weighted by atomic mass is 10.1. The molecule has 0 fully saturated rings. The Bertz CT molecular complexity index is 1010. The van der Waals surface area contributed by atoms with Crippen molar-refractivity contribution in [3.8, 4) is 0 Å². The van der Waals surface area contributed by atoms with Gasteiger partial charge in [0.25, 0.3) is 5.91 Å². The Balaban J connectivity index is 1.68. The van der Waals surface area contributed by atoms with Gasteiger partial charge in [-0.15, -0.1) is 0 Å². The van der Waals surface area contributed by atoms with Crippen LogP contribution in [0.15, 0.2) is 60.8 Å². The van der Waals surface area contributed by atoms with Crippen molar-refractivity contribution in [2.24, 2.45) is 0 Å². The van der Waals surface area contributed by atoms with Crippen molar-refractivity contribution < 1.29 is 14.3 Å². The Morgan fingerprint density at radius 3 is 2.34 bits per heavy atom. The maximum atomic E-state index is 12.4. The molecule has 0 saturated heterocycles. The summed E-state index contributed by atoms with van der Waals surface area (Å²) < 4.78 is 4.66. The summed E-state index contributed by atoms with van der Waals surface area (Å²) in [4.78, 5) is 28.2. The molecule has 0 aliphatic heterocycles. The van der Waals surface area contributed by atoms with Gasteiger partial charge in [-0.05, 0) is 60.9 Å². The lowest BCUT2D eigenvalue weighted by molar-refractivity contribution is 0.0600. The minimum atomic E-state index is -0.424. The Morgan fingerprint density at radius 1 is 1.00 bits per heavy atom. The van der Waals surface area contributed by atoms with Crippen molar-refractivity contribution in [2.45, 2.75) is 20.3 Å². The van der Waals surface area contributed by atoms with Gasteiger partial charge in [0.05, 0.1) is 24.6 Å². The zero-order valence-electron chi connectivity index (χ0n) is 16.7. The molecule has 6 heteroatoms. The summed E-state index contributed by atoms with van der Waals surface area (Å²) in [7, 11) is 1.32. The number of nitrogens with one attached hydrogen (secondary N) is 2. The van der Waals surface area contributed by atoms with Crippen molar-refractivity contribution in [3.63, 3.8) is 0 Å². The van der Waals surface area contributed by atoms with Gasteiger partial charge in [-0.3, -0.25) is 4.79 Å². The smallest absolute Gasteiger partial charge is 0.337 e. The van der Waals surface area contributed by atoms with Gasteiger partial charge in [-0.1, -0.05) is 25.1 Å². The number of methoxy groups -OCH3 is 1. The predicted octanol–water partition coefficient (Wildman–Crippen LogP) is 4.73. The van der Waals surface area contributed by atoms with E-state index >= 15 is 0 Å². The molecular formula is C23H23N3O3. The summed E-state index contributed by atoms with van der Waals surface area (Å²) in [5.41, 5.74) is 5.55. The zero-order valence-corrected chi connectivity index (χ0v) is 16.7. The molecule has 1 amide bonds. The number of ether oxygens (including phenoxy) is 1. The lowest BCUT2D eigenvalue weighted by Crippen LogP contribution is -2.14. The van der Waals surface area contributed by atoms with Crippen LogP contribution in [0, 0.1) is 6.92 Å². The van der Waals surface area contributed by atoms with Gasteiger partial charge < -0.3 is 15.4 Å². The Morgan fingerprint density at radius 2 is 1.72 bits per heavy atom. The number of aromatic nitrogens is 1. The molecule has 6 nitrogen and oxygen atoms in total. The highest BCUT2D eigenvalue weighted by Crippen LogP contribution is 2.25. The Kier molecular flexibility index (Phi) is 6.24. The van der Waals surface area contributed by atoms with Crippen LogP contribution in [-0.4, -0.2) is 24.0 Å². The molecule has 2 aromatic carbocycles. The molecule has 29 heavy (non-hydrogen) atoms. The van der Waals surface area contributed by atoms with E-state index in [1.807, 2.05) is 12.1 Å². The molecule has 2 N–H and O–H groups in total. The van der Waals surface area contributed by atoms with Crippen LogP contribution in [0.2, 0.25) is 0 Å². The molecule has 148 valence electrons. The van der Waals surface area contributed by atoms with Gasteiger partial charge in [-0.25, -0.2) is 9.78 Å². The zero-order chi connectivity index (χ0) is 20.8. The molecule has 3 aromatic rings. The summed E-state index contributed by atoms with van der Waals surface area (Å²) in [6, 6.07) is 16.2. The molecule has 3 rings (SSSR count). The molecule has 0 spiro atoms. The average molecular weight is 389 g/mol. The maximum Gasteiger partial charge on any atom is 0.337 e. The second-order valence-corrected chi connectivity index (χ2v) is 6.54. The number of aryl methyl sites for hydroxylation is 2. The van der Waals surface area contributed by atoms with E-state index in [9.17, 15) is 9.59 Å². The standard InChI is InChI=1S/C23H23N3O3/c1-4-16-7-5-6-15(2)21(16)25-19-12-13-20(24-14-19)22(27)26-18-10-8-17(9-11-18)23(28)29-3/h5-14,25H,4H2,1-3H3,(H,26,27). The molecule has 0 unspecified atom stereocenters. The highest BCUT2D eigenvalue weighted by atomic mass is 16.5. The van der Waals surface area contributed by atoms with E-state index in [1.165, 1.54) is 12.7 Å². The Labute approximate surface area is 169 Å². The van der Waals surface area contributed by atoms with Gasteiger partial charge in [-0.2, -0.15) is 0 Å². The van der Waals surface area contributed by atoms with E-state index in [0.717, 1.165) is 23.4 Å². The molecule has 0 atom stereocenters. The number of hydrogen-bond acceptors (Lipinski definition) is 5. The summed E-state index contributed by atoms with van der Waals surface area (Å²) in [5.74, 6) is -0.750. The Hall–Kier alpha value is -3.67. The first-order valence-corrected chi connectivity index (χ1v) is 9.33. The first kappa shape index (κ1) is 20.1. The van der Waals surface area contributed by atoms with Crippen molar-refractivity contribution in [1.82, 2.24) is 4.98 Å². The summed E-state index contributed by atoms with van der Waals surface area (Å²) >= 11 is 0. The number of esters is 1. The van der Waals surface area contributed by atoms with E-state index in [0.29, 0.717) is 16.9 Å². The quantitative estimate of drug-likeness (QED) is 0.596. The normalized spacial score (nSPS) is 10.3. The van der Waals surface area contributed by atoms with Crippen molar-refractivity contribution >= 4 is 28.9 Å². The number of nitrogens with zero attached hydrogens (tertiary/aromatic N) is 1. The van der Waals surface area contributed by atoms with Gasteiger partial charge in [0, 0.05) is 11.4 Å². The molecule has 1 aromatic heterocycles. The molecule has 0 aliphatic rings. The van der Waals surface area contributed by atoms with E-state index in [-0.39, 0.29) is 5.91 Å². The van der Waals surface area contributed by atoms with Gasteiger partial charge in [0.15, 0.2) is 0 Å². The van der Waals surface area contributed by atoms with E-state index in [2.05, 4.69) is 46.3 Å². The molecule has 0 saturated carbocycles. The van der Waals surface area contributed by atoms with Crippen LogP contribution in [0.4, 0.5) is 17.1 Å². The summed E-state index contributed by atoms with van der Waals surface area (Å²) in [6.45, 7) is 4.17. The summed E-state index contributed by atoms with van der Waals surface area (Å²) in [6.07, 6.45) is 2.56. The monoisotopic (exact) mass is 389 g/mol. The number of para-hydroxylation sites is 1. The average Bonchev–Trinajstić information content (AvgIpc) is 2.75. The maximum absolute atomic E-state index is 12.4. The molecule has 1 heterocycles. The third-order valence-corrected chi connectivity index (χ3v) is 4.57. The van der Waals surface area contributed by atoms with Crippen molar-refractivity contribution in [3.05, 3.63) is 83.2 Å². The number of carbonyl (C=O) groups is 2. The second kappa shape index (κ2) is 9.01. The first-order valence-electron chi connectivity index (χ1n) is 9.33. The fraction of sp³-hybridized carbons (Fsp3) is 0.174. The van der Waals surface area contributed by atoms with E-state index in [4.69, 9.17) is 0 Å². The minimum Gasteiger partial charge on any atom is -0.465 e. The number of carbonyl (C=O) groups excluding carboxylic acids is 2. The number of anilines is 3. The van der Waals surface area contributed by atoms with Gasteiger partial charge in [0.1, 0.15) is 5.69 Å². The van der Waals surface area contributed by atoms with E-state index < -0.39 is 5.97 Å². The van der Waals surface area contributed by atoms with Crippen LogP contribution in [0.1, 0.15) is 38.9 Å². The molecule has 0 radical (unpaired) electrons. The van der Waals surface area contributed by atoms with Crippen LogP contribution in [0.25, 0.3) is 0 Å². The summed E-state index contributed by atoms with van der Waals surface area (Å²) in [5, 5.41) is 6.16. The number of benzene rings is 2. The lowest BCUT2D eigenvalue weighted by Gasteiger charge is -2.14. The van der Waals surface area contributed by atoms with Crippen LogP contribution in [-0.2, 0) is 11.2 Å². The molecule has 0 bridgehead atoms. The van der Waals surface area contributed by atoms with Crippen molar-refractivity contribution in [1.29, 1.82) is 0 Å². The number of amides is 1. The third-order valence-electron chi connectivity index (χ3n) is 4.57. The highest BCUT2D eigenvalue weighted by Gasteiger charge is 2.10. The topological polar surface area (TPSA) is 80.3 Å². The van der Waals surface area contributed by atoms with Crippen LogP contribution >= 0.6 is 0 Å². The largest absolute Gasteiger partial charge is 0.465 e. The minimum absolute atomic E-state index is 0.299.